The Balaban J connectivity index is 1.96. The van der Waals surface area contributed by atoms with Gasteiger partial charge in [-0.15, -0.1) is 0 Å². The lowest BCUT2D eigenvalue weighted by molar-refractivity contribution is -0.137. The highest BCUT2D eigenvalue weighted by molar-refractivity contribution is 9.10. The minimum absolute atomic E-state index is 0.380. The van der Waals surface area contributed by atoms with Crippen LogP contribution in [0.3, 0.4) is 0 Å². The lowest BCUT2D eigenvalue weighted by Crippen LogP contribution is -2.06. The Bertz CT molecular complexity index is 674. The van der Waals surface area contributed by atoms with Crippen molar-refractivity contribution in [3.8, 4) is 0 Å². The van der Waals surface area contributed by atoms with E-state index in [1.54, 1.807) is 0 Å². The van der Waals surface area contributed by atoms with Gasteiger partial charge in [0.15, 0.2) is 0 Å². The third-order valence-electron chi connectivity index (χ3n) is 3.70. The normalized spacial score (nSPS) is 15.5. The monoisotopic (exact) mass is 359 g/mol. The van der Waals surface area contributed by atoms with E-state index in [1.165, 1.54) is 12.1 Å². The number of hydrogen-bond acceptors (Lipinski definition) is 2. The molecule has 1 aliphatic rings. The molecule has 21 heavy (non-hydrogen) atoms. The standard InChI is InChI=1S/C15H13BrF3NO/c1-8-12(14(21-20-8)9-2-3-9)7-10-6-11(15(17,18)19)4-5-13(10)16/h4-6,9H,2-3,7H2,1H3. The zero-order valence-electron chi connectivity index (χ0n) is 11.3. The summed E-state index contributed by atoms with van der Waals surface area (Å²) >= 11 is 3.33. The van der Waals surface area contributed by atoms with Crippen LogP contribution in [0.25, 0.3) is 0 Å². The molecular weight excluding hydrogens is 347 g/mol. The van der Waals surface area contributed by atoms with Crippen LogP contribution >= 0.6 is 15.9 Å². The summed E-state index contributed by atoms with van der Waals surface area (Å²) in [7, 11) is 0. The Hall–Kier alpha value is -1.30. The third-order valence-corrected chi connectivity index (χ3v) is 4.48. The largest absolute Gasteiger partial charge is 0.416 e. The summed E-state index contributed by atoms with van der Waals surface area (Å²) in [6, 6.07) is 3.71. The van der Waals surface area contributed by atoms with E-state index in [1.807, 2.05) is 6.92 Å². The van der Waals surface area contributed by atoms with Crippen molar-refractivity contribution in [1.29, 1.82) is 0 Å². The van der Waals surface area contributed by atoms with E-state index < -0.39 is 11.7 Å². The number of halogens is 4. The van der Waals surface area contributed by atoms with E-state index in [-0.39, 0.29) is 0 Å². The molecule has 1 aromatic carbocycles. The first-order chi connectivity index (χ1) is 9.86. The molecule has 0 aliphatic heterocycles. The van der Waals surface area contributed by atoms with Crippen LogP contribution in [0, 0.1) is 6.92 Å². The van der Waals surface area contributed by atoms with Crippen LogP contribution < -0.4 is 0 Å². The number of alkyl halides is 3. The van der Waals surface area contributed by atoms with E-state index in [2.05, 4.69) is 21.1 Å². The number of hydrogen-bond donors (Lipinski definition) is 0. The topological polar surface area (TPSA) is 26.0 Å². The first-order valence-corrected chi connectivity index (χ1v) is 7.46. The van der Waals surface area contributed by atoms with Gasteiger partial charge in [0.1, 0.15) is 5.76 Å². The molecule has 1 heterocycles. The fraction of sp³-hybridized carbons (Fsp3) is 0.400. The average molecular weight is 360 g/mol. The Kier molecular flexibility index (Phi) is 3.59. The Labute approximate surface area is 128 Å². The second kappa shape index (κ2) is 5.16. The molecule has 3 rings (SSSR count). The van der Waals surface area contributed by atoms with Gasteiger partial charge in [0.25, 0.3) is 0 Å². The molecule has 0 spiro atoms. The van der Waals surface area contributed by atoms with E-state index in [9.17, 15) is 13.2 Å². The molecule has 112 valence electrons. The van der Waals surface area contributed by atoms with Crippen molar-refractivity contribution < 1.29 is 17.7 Å². The quantitative estimate of drug-likeness (QED) is 0.749. The summed E-state index contributed by atoms with van der Waals surface area (Å²) in [4.78, 5) is 0. The summed E-state index contributed by atoms with van der Waals surface area (Å²) in [6.45, 7) is 1.83. The zero-order chi connectivity index (χ0) is 15.2. The molecule has 1 aromatic heterocycles. The summed E-state index contributed by atoms with van der Waals surface area (Å²) in [6.07, 6.45) is -1.82. The van der Waals surface area contributed by atoms with Gasteiger partial charge in [-0.25, -0.2) is 0 Å². The highest BCUT2D eigenvalue weighted by Crippen LogP contribution is 2.43. The smallest absolute Gasteiger partial charge is 0.361 e. The first-order valence-electron chi connectivity index (χ1n) is 6.67. The van der Waals surface area contributed by atoms with Crippen LogP contribution in [-0.4, -0.2) is 5.16 Å². The lowest BCUT2D eigenvalue weighted by atomic mass is 10.00. The fourth-order valence-electron chi connectivity index (χ4n) is 2.36. The minimum atomic E-state index is -4.33. The van der Waals surface area contributed by atoms with Crippen LogP contribution in [0.1, 0.15) is 46.9 Å². The number of aryl methyl sites for hydroxylation is 1. The number of benzene rings is 1. The molecule has 0 unspecified atom stereocenters. The van der Waals surface area contributed by atoms with Crippen molar-refractivity contribution in [2.24, 2.45) is 0 Å². The SMILES string of the molecule is Cc1noc(C2CC2)c1Cc1cc(C(F)(F)F)ccc1Br. The van der Waals surface area contributed by atoms with Gasteiger partial charge < -0.3 is 4.52 Å². The van der Waals surface area contributed by atoms with Gasteiger partial charge in [0, 0.05) is 22.4 Å². The fourth-order valence-corrected chi connectivity index (χ4v) is 2.75. The maximum Gasteiger partial charge on any atom is 0.416 e. The average Bonchev–Trinajstić information content (AvgIpc) is 3.17. The van der Waals surface area contributed by atoms with Gasteiger partial charge in [-0.2, -0.15) is 13.2 Å². The van der Waals surface area contributed by atoms with Crippen molar-refractivity contribution in [2.75, 3.05) is 0 Å². The summed E-state index contributed by atoms with van der Waals surface area (Å²) in [5.74, 6) is 1.21. The Morgan fingerprint density at radius 1 is 1.33 bits per heavy atom. The Morgan fingerprint density at radius 3 is 2.67 bits per heavy atom. The molecule has 0 bridgehead atoms. The van der Waals surface area contributed by atoms with Gasteiger partial charge in [-0.3, -0.25) is 0 Å². The molecule has 0 N–H and O–H groups in total. The van der Waals surface area contributed by atoms with Crippen molar-refractivity contribution in [3.63, 3.8) is 0 Å². The van der Waals surface area contributed by atoms with Gasteiger partial charge in [0.2, 0.25) is 0 Å². The third kappa shape index (κ3) is 3.00. The second-order valence-electron chi connectivity index (χ2n) is 5.37. The molecule has 0 amide bonds. The number of rotatable bonds is 3. The maximum absolute atomic E-state index is 12.8. The van der Waals surface area contributed by atoms with Crippen molar-refractivity contribution in [3.05, 3.63) is 50.8 Å². The molecule has 0 atom stereocenters. The molecule has 6 heteroatoms. The highest BCUT2D eigenvalue weighted by atomic mass is 79.9. The van der Waals surface area contributed by atoms with E-state index in [0.29, 0.717) is 22.4 Å². The first kappa shape index (κ1) is 14.6. The van der Waals surface area contributed by atoms with Crippen LogP contribution in [0.15, 0.2) is 27.2 Å². The number of aromatic nitrogens is 1. The van der Waals surface area contributed by atoms with Gasteiger partial charge in [-0.1, -0.05) is 21.1 Å². The van der Waals surface area contributed by atoms with Crippen molar-refractivity contribution in [1.82, 2.24) is 5.16 Å². The molecule has 1 fully saturated rings. The summed E-state index contributed by atoms with van der Waals surface area (Å²) < 4.78 is 44.5. The highest BCUT2D eigenvalue weighted by Gasteiger charge is 2.33. The molecule has 2 nitrogen and oxygen atoms in total. The molecule has 1 saturated carbocycles. The van der Waals surface area contributed by atoms with Crippen LogP contribution in [0.5, 0.6) is 0 Å². The van der Waals surface area contributed by atoms with E-state index >= 15 is 0 Å². The molecule has 0 saturated heterocycles. The Morgan fingerprint density at radius 2 is 2.05 bits per heavy atom. The summed E-state index contributed by atoms with van der Waals surface area (Å²) in [5, 5.41) is 3.96. The molecule has 1 aliphatic carbocycles. The maximum atomic E-state index is 12.8. The van der Waals surface area contributed by atoms with Gasteiger partial charge in [-0.05, 0) is 43.5 Å². The molecule has 2 aromatic rings. The molecule has 0 radical (unpaired) electrons. The lowest BCUT2D eigenvalue weighted by Gasteiger charge is -2.11. The van der Waals surface area contributed by atoms with Crippen LogP contribution in [-0.2, 0) is 12.6 Å². The number of nitrogens with zero attached hydrogens (tertiary/aromatic N) is 1. The van der Waals surface area contributed by atoms with Crippen LogP contribution in [0.2, 0.25) is 0 Å². The van der Waals surface area contributed by atoms with Gasteiger partial charge >= 0.3 is 6.18 Å². The minimum Gasteiger partial charge on any atom is -0.361 e. The van der Waals surface area contributed by atoms with Crippen molar-refractivity contribution >= 4 is 15.9 Å². The van der Waals surface area contributed by atoms with Crippen molar-refractivity contribution in [2.45, 2.75) is 38.3 Å². The predicted molar refractivity (Wildman–Crippen MR) is 75.2 cm³/mol. The molecular formula is C15H13BrF3NO. The zero-order valence-corrected chi connectivity index (χ0v) is 12.9. The summed E-state index contributed by atoms with van der Waals surface area (Å²) in [5.41, 5.74) is 1.62. The van der Waals surface area contributed by atoms with Gasteiger partial charge in [0.05, 0.1) is 11.3 Å². The van der Waals surface area contributed by atoms with E-state index in [4.69, 9.17) is 4.52 Å². The van der Waals surface area contributed by atoms with E-state index in [0.717, 1.165) is 35.9 Å². The second-order valence-corrected chi connectivity index (χ2v) is 6.22. The van der Waals surface area contributed by atoms with Crippen LogP contribution in [0.4, 0.5) is 13.2 Å². The predicted octanol–water partition coefficient (Wildman–Crippen LogP) is 5.23.